The standard InChI is InChI=1S/C28H33N3O5.2ClH/c1-30(13-12-29)27(34)35-19-6-3-17(4-7-19)16-31(2)14-11-28-20-8-10-23(33)26(28)36-25-22(32)9-5-18(24(25)28)15-21(20)31;;/h3-7,9,20-21,26H,8,10-16,29H2,1-2H3;2*1H/t20?,21-,26?,28+,31-;;/m1../s1. The van der Waals surface area contributed by atoms with Gasteiger partial charge in [-0.05, 0) is 42.3 Å². The lowest BCUT2D eigenvalue weighted by Gasteiger charge is -2.60. The van der Waals surface area contributed by atoms with Gasteiger partial charge in [-0.15, -0.1) is 12.4 Å². The Labute approximate surface area is 235 Å². The second-order valence-corrected chi connectivity index (χ2v) is 11.2. The summed E-state index contributed by atoms with van der Waals surface area (Å²) in [6, 6.07) is 11.9. The molecule has 3 N–H and O–H groups in total. The predicted molar refractivity (Wildman–Crippen MR) is 140 cm³/mol. The second kappa shape index (κ2) is 10.2. The molecule has 2 aromatic carbocycles. The van der Waals surface area contributed by atoms with Gasteiger partial charge in [0.15, 0.2) is 23.4 Å². The van der Waals surface area contributed by atoms with E-state index in [0.29, 0.717) is 43.0 Å². The molecule has 1 saturated carbocycles. The lowest BCUT2D eigenvalue weighted by molar-refractivity contribution is -0.957. The number of likely N-dealkylation sites (N-methyl/N-ethyl adjacent to an activating group) is 2. The first-order valence-electron chi connectivity index (χ1n) is 12.9. The summed E-state index contributed by atoms with van der Waals surface area (Å²) >= 11 is 0. The fourth-order valence-corrected chi connectivity index (χ4v) is 7.53. The zero-order valence-corrected chi connectivity index (χ0v) is 23.3. The van der Waals surface area contributed by atoms with E-state index in [0.717, 1.165) is 42.4 Å². The quantitative estimate of drug-likeness (QED) is 0.502. The molecule has 0 aromatic heterocycles. The van der Waals surface area contributed by atoms with Crippen LogP contribution in [0.4, 0.5) is 4.79 Å². The SMILES string of the molecule is CN(CCN)C(=O)Oc1ccc(C[N@@+]2(C)CC[C@]34c5c6ccc(O)c5OC3C(=O)CCC4[C@H]2C6)cc1.Cl.[Cl-]. The highest BCUT2D eigenvalue weighted by Gasteiger charge is 2.69. The van der Waals surface area contributed by atoms with E-state index >= 15 is 0 Å². The Morgan fingerprint density at radius 1 is 1.26 bits per heavy atom. The van der Waals surface area contributed by atoms with E-state index in [1.807, 2.05) is 30.3 Å². The number of benzene rings is 2. The van der Waals surface area contributed by atoms with Gasteiger partial charge in [-0.1, -0.05) is 6.07 Å². The van der Waals surface area contributed by atoms with E-state index < -0.39 is 12.2 Å². The van der Waals surface area contributed by atoms with Crippen molar-refractivity contribution >= 4 is 24.3 Å². The van der Waals surface area contributed by atoms with Crippen LogP contribution in [0.5, 0.6) is 17.2 Å². The molecule has 0 radical (unpaired) electrons. The maximum atomic E-state index is 13.0. The highest BCUT2D eigenvalue weighted by atomic mass is 35.5. The highest BCUT2D eigenvalue weighted by molar-refractivity contribution is 5.89. The number of ketones is 1. The van der Waals surface area contributed by atoms with Gasteiger partial charge in [-0.25, -0.2) is 4.79 Å². The van der Waals surface area contributed by atoms with Crippen LogP contribution in [0.2, 0.25) is 0 Å². The Bertz CT molecular complexity index is 1240. The lowest BCUT2D eigenvalue weighted by Crippen LogP contribution is -3.00. The fraction of sp³-hybridized carbons (Fsp3) is 0.500. The Balaban J connectivity index is 0.00000168. The van der Waals surface area contributed by atoms with Crippen molar-refractivity contribution in [1.82, 2.24) is 4.90 Å². The number of carbonyl (C=O) groups is 2. The molecule has 4 aliphatic rings. The molecule has 2 heterocycles. The molecule has 8 nitrogen and oxygen atoms in total. The minimum absolute atomic E-state index is 0. The van der Waals surface area contributed by atoms with Crippen LogP contribution >= 0.6 is 12.4 Å². The number of likely N-dealkylation sites (tertiary alicyclic amines) is 1. The molecule has 1 saturated heterocycles. The summed E-state index contributed by atoms with van der Waals surface area (Å²) in [7, 11) is 4.00. The third-order valence-electron chi connectivity index (χ3n) is 9.23. The van der Waals surface area contributed by atoms with Gasteiger partial charge < -0.3 is 42.1 Å². The molecule has 10 heteroatoms. The third kappa shape index (κ3) is 4.13. The number of halogens is 2. The molecule has 206 valence electrons. The summed E-state index contributed by atoms with van der Waals surface area (Å²) in [5.41, 5.74) is 8.72. The maximum Gasteiger partial charge on any atom is 0.415 e. The van der Waals surface area contributed by atoms with Crippen molar-refractivity contribution in [2.75, 3.05) is 33.7 Å². The molecule has 2 aromatic rings. The van der Waals surface area contributed by atoms with Gasteiger partial charge in [0.1, 0.15) is 12.3 Å². The first-order chi connectivity index (χ1) is 17.3. The van der Waals surface area contributed by atoms with E-state index in [-0.39, 0.29) is 41.8 Å². The number of quaternary nitrogens is 1. The largest absolute Gasteiger partial charge is 1.00 e. The van der Waals surface area contributed by atoms with Crippen LogP contribution in [0, 0.1) is 5.92 Å². The van der Waals surface area contributed by atoms with Crippen LogP contribution in [-0.2, 0) is 23.2 Å². The number of hydrogen-bond donors (Lipinski definition) is 2. The van der Waals surface area contributed by atoms with E-state index in [4.69, 9.17) is 15.2 Å². The smallest absolute Gasteiger partial charge is 0.415 e. The number of nitrogens with zero attached hydrogens (tertiary/aromatic N) is 2. The maximum absolute atomic E-state index is 13.0. The number of carbonyl (C=O) groups excluding carboxylic acids is 2. The molecule has 1 amide bonds. The zero-order chi connectivity index (χ0) is 25.2. The molecule has 5 atom stereocenters. The van der Waals surface area contributed by atoms with Gasteiger partial charge in [0.2, 0.25) is 0 Å². The number of rotatable bonds is 5. The monoisotopic (exact) mass is 563 g/mol. The molecule has 2 aliphatic heterocycles. The highest BCUT2D eigenvalue weighted by Crippen LogP contribution is 2.64. The molecule has 2 unspecified atom stereocenters. The molecule has 6 rings (SSSR count). The first-order valence-corrected chi connectivity index (χ1v) is 12.9. The summed E-state index contributed by atoms with van der Waals surface area (Å²) in [4.78, 5) is 26.7. The average molecular weight is 565 g/mol. The fourth-order valence-electron chi connectivity index (χ4n) is 7.53. The van der Waals surface area contributed by atoms with Crippen molar-refractivity contribution in [1.29, 1.82) is 0 Å². The topological polar surface area (TPSA) is 102 Å². The number of phenols is 1. The van der Waals surface area contributed by atoms with Gasteiger partial charge in [0, 0.05) is 56.4 Å². The summed E-state index contributed by atoms with van der Waals surface area (Å²) < 4.78 is 12.6. The minimum Gasteiger partial charge on any atom is -1.00 e. The van der Waals surface area contributed by atoms with E-state index in [2.05, 4.69) is 7.05 Å². The van der Waals surface area contributed by atoms with Crippen LogP contribution in [0.15, 0.2) is 36.4 Å². The van der Waals surface area contributed by atoms with Crippen molar-refractivity contribution in [2.45, 2.75) is 49.8 Å². The number of Topliss-reactive ketones (excluding diaryl/α,β-unsaturated/α-hetero) is 1. The minimum atomic E-state index is -0.471. The van der Waals surface area contributed by atoms with E-state index in [1.165, 1.54) is 16.0 Å². The van der Waals surface area contributed by atoms with E-state index in [1.54, 1.807) is 13.1 Å². The van der Waals surface area contributed by atoms with Crippen LogP contribution in [0.25, 0.3) is 0 Å². The Morgan fingerprint density at radius 2 is 2.00 bits per heavy atom. The summed E-state index contributed by atoms with van der Waals surface area (Å²) in [6.07, 6.45) is 2.31. The molecule has 1 spiro atoms. The Kier molecular flexibility index (Phi) is 7.67. The molecule has 38 heavy (non-hydrogen) atoms. The zero-order valence-electron chi connectivity index (χ0n) is 21.7. The van der Waals surface area contributed by atoms with Crippen LogP contribution in [-0.4, -0.2) is 72.2 Å². The number of piperidine rings is 1. The third-order valence-corrected chi connectivity index (χ3v) is 9.23. The van der Waals surface area contributed by atoms with Gasteiger partial charge in [-0.3, -0.25) is 4.79 Å². The Morgan fingerprint density at radius 3 is 2.71 bits per heavy atom. The molecular formula is C28H35Cl2N3O5. The van der Waals surface area contributed by atoms with Gasteiger partial charge in [0.05, 0.1) is 25.0 Å². The molecule has 2 aliphatic carbocycles. The van der Waals surface area contributed by atoms with Gasteiger partial charge in [-0.2, -0.15) is 0 Å². The summed E-state index contributed by atoms with van der Waals surface area (Å²) in [5.74, 6) is 1.73. The molecule has 2 fully saturated rings. The predicted octanol–water partition coefficient (Wildman–Crippen LogP) is 0.160. The average Bonchev–Trinajstić information content (AvgIpc) is 3.22. The van der Waals surface area contributed by atoms with E-state index in [9.17, 15) is 14.7 Å². The van der Waals surface area contributed by atoms with Crippen LogP contribution in [0.1, 0.15) is 36.0 Å². The lowest BCUT2D eigenvalue weighted by atomic mass is 9.51. The number of nitrogens with two attached hydrogens (primary N) is 1. The van der Waals surface area contributed by atoms with Crippen LogP contribution in [0.3, 0.4) is 0 Å². The summed E-state index contributed by atoms with van der Waals surface area (Å²) in [5, 5.41) is 10.5. The van der Waals surface area contributed by atoms with Crippen molar-refractivity contribution in [3.63, 3.8) is 0 Å². The normalized spacial score (nSPS) is 29.8. The van der Waals surface area contributed by atoms with Crippen LogP contribution < -0.4 is 27.6 Å². The second-order valence-electron chi connectivity index (χ2n) is 11.2. The summed E-state index contributed by atoms with van der Waals surface area (Å²) in [6.45, 7) is 2.62. The number of amides is 1. The number of aromatic hydroxyl groups is 1. The molecule has 2 bridgehead atoms. The molecular weight excluding hydrogens is 529 g/mol. The van der Waals surface area contributed by atoms with Gasteiger partial charge >= 0.3 is 6.09 Å². The van der Waals surface area contributed by atoms with Crippen molar-refractivity contribution < 1.29 is 41.1 Å². The van der Waals surface area contributed by atoms with Crippen molar-refractivity contribution in [2.24, 2.45) is 11.7 Å². The number of hydrogen-bond acceptors (Lipinski definition) is 6. The van der Waals surface area contributed by atoms with Crippen molar-refractivity contribution in [3.8, 4) is 17.2 Å². The first kappa shape index (κ1) is 28.5. The Hall–Kier alpha value is -2.52. The van der Waals surface area contributed by atoms with Crippen molar-refractivity contribution in [3.05, 3.63) is 53.1 Å². The number of ether oxygens (including phenoxy) is 2. The number of phenolic OH excluding ortho intramolecular Hbond substituents is 1. The van der Waals surface area contributed by atoms with Gasteiger partial charge in [0.25, 0.3) is 0 Å².